The van der Waals surface area contributed by atoms with Crippen molar-refractivity contribution in [2.45, 2.75) is 18.7 Å². The molecule has 2 aromatic rings. The number of rotatable bonds is 4. The quantitative estimate of drug-likeness (QED) is 0.690. The van der Waals surface area contributed by atoms with E-state index in [4.69, 9.17) is 11.6 Å². The van der Waals surface area contributed by atoms with Gasteiger partial charge in [0.25, 0.3) is 0 Å². The van der Waals surface area contributed by atoms with Crippen LogP contribution < -0.4 is 10.6 Å². The van der Waals surface area contributed by atoms with E-state index in [-0.39, 0.29) is 5.69 Å². The SMILES string of the molecule is Cc1ccc(NC(=O)C(=O)NCC(O)(c2ccccc2)C(F)(F)F)cc1Cl. The Bertz CT molecular complexity index is 843. The van der Waals surface area contributed by atoms with Crippen molar-refractivity contribution >= 4 is 29.1 Å². The van der Waals surface area contributed by atoms with E-state index in [9.17, 15) is 27.9 Å². The minimum Gasteiger partial charge on any atom is -0.375 e. The third-order valence-electron chi connectivity index (χ3n) is 3.86. The zero-order chi connectivity index (χ0) is 20.2. The van der Waals surface area contributed by atoms with Crippen LogP contribution in [0.4, 0.5) is 18.9 Å². The van der Waals surface area contributed by atoms with Gasteiger partial charge in [0.15, 0.2) is 0 Å². The Morgan fingerprint density at radius 2 is 1.70 bits per heavy atom. The van der Waals surface area contributed by atoms with Crippen molar-refractivity contribution in [3.05, 3.63) is 64.7 Å². The van der Waals surface area contributed by atoms with Crippen LogP contribution in [0.2, 0.25) is 5.02 Å². The Kier molecular flexibility index (Phi) is 6.12. The van der Waals surface area contributed by atoms with Gasteiger partial charge in [0.1, 0.15) is 0 Å². The average molecular weight is 401 g/mol. The van der Waals surface area contributed by atoms with Crippen molar-refractivity contribution < 1.29 is 27.9 Å². The molecule has 144 valence electrons. The Balaban J connectivity index is 2.09. The fourth-order valence-electron chi connectivity index (χ4n) is 2.23. The maximum atomic E-state index is 13.4. The van der Waals surface area contributed by atoms with Crippen LogP contribution in [0.25, 0.3) is 0 Å². The van der Waals surface area contributed by atoms with Crippen LogP contribution in [0, 0.1) is 6.92 Å². The van der Waals surface area contributed by atoms with Crippen molar-refractivity contribution in [3.63, 3.8) is 0 Å². The van der Waals surface area contributed by atoms with Crippen LogP contribution in [0.5, 0.6) is 0 Å². The van der Waals surface area contributed by atoms with Gasteiger partial charge in [-0.2, -0.15) is 13.2 Å². The van der Waals surface area contributed by atoms with E-state index in [0.29, 0.717) is 5.02 Å². The number of halogens is 4. The van der Waals surface area contributed by atoms with Crippen molar-refractivity contribution in [2.24, 2.45) is 0 Å². The van der Waals surface area contributed by atoms with Crippen molar-refractivity contribution in [3.8, 4) is 0 Å². The van der Waals surface area contributed by atoms with Crippen molar-refractivity contribution in [1.82, 2.24) is 5.32 Å². The number of carbonyl (C=O) groups excluding carboxylic acids is 2. The first-order valence-corrected chi connectivity index (χ1v) is 8.12. The summed E-state index contributed by atoms with van der Waals surface area (Å²) >= 11 is 5.91. The molecule has 5 nitrogen and oxygen atoms in total. The van der Waals surface area contributed by atoms with Gasteiger partial charge in [0.2, 0.25) is 5.60 Å². The van der Waals surface area contributed by atoms with Gasteiger partial charge in [-0.3, -0.25) is 9.59 Å². The van der Waals surface area contributed by atoms with Crippen LogP contribution in [0.15, 0.2) is 48.5 Å². The third kappa shape index (κ3) is 4.78. The molecule has 0 fully saturated rings. The molecule has 1 atom stereocenters. The van der Waals surface area contributed by atoms with Gasteiger partial charge in [0, 0.05) is 10.7 Å². The van der Waals surface area contributed by atoms with E-state index in [0.717, 1.165) is 17.7 Å². The highest BCUT2D eigenvalue weighted by atomic mass is 35.5. The summed E-state index contributed by atoms with van der Waals surface area (Å²) in [5.74, 6) is -2.52. The maximum Gasteiger partial charge on any atom is 0.423 e. The number of aryl methyl sites for hydroxylation is 1. The maximum absolute atomic E-state index is 13.4. The first-order chi connectivity index (χ1) is 12.5. The molecule has 0 aliphatic heterocycles. The summed E-state index contributed by atoms with van der Waals surface area (Å²) in [6.45, 7) is 0.517. The van der Waals surface area contributed by atoms with Gasteiger partial charge in [-0.15, -0.1) is 0 Å². The zero-order valence-corrected chi connectivity index (χ0v) is 14.9. The molecule has 0 aliphatic rings. The fourth-order valence-corrected chi connectivity index (χ4v) is 2.41. The normalized spacial score (nSPS) is 13.6. The number of hydrogen-bond donors (Lipinski definition) is 3. The highest BCUT2D eigenvalue weighted by Gasteiger charge is 2.55. The molecule has 3 N–H and O–H groups in total. The molecule has 1 unspecified atom stereocenters. The molecule has 9 heteroatoms. The minimum atomic E-state index is -5.07. The summed E-state index contributed by atoms with van der Waals surface area (Å²) in [4.78, 5) is 23.8. The van der Waals surface area contributed by atoms with Gasteiger partial charge in [-0.1, -0.05) is 48.0 Å². The lowest BCUT2D eigenvalue weighted by molar-refractivity contribution is -0.264. The Morgan fingerprint density at radius 3 is 2.26 bits per heavy atom. The highest BCUT2D eigenvalue weighted by molar-refractivity contribution is 6.39. The summed E-state index contributed by atoms with van der Waals surface area (Å²) in [7, 11) is 0. The number of hydrogen-bond acceptors (Lipinski definition) is 3. The summed E-state index contributed by atoms with van der Waals surface area (Å²) < 4.78 is 40.1. The molecule has 0 saturated heterocycles. The van der Waals surface area contributed by atoms with Crippen molar-refractivity contribution in [2.75, 3.05) is 11.9 Å². The fraction of sp³-hybridized carbons (Fsp3) is 0.222. The highest BCUT2D eigenvalue weighted by Crippen LogP contribution is 2.38. The predicted molar refractivity (Wildman–Crippen MR) is 94.2 cm³/mol. The van der Waals surface area contributed by atoms with Gasteiger partial charge in [0.05, 0.1) is 6.54 Å². The predicted octanol–water partition coefficient (Wildman–Crippen LogP) is 3.15. The molecule has 0 bridgehead atoms. The second-order valence-corrected chi connectivity index (χ2v) is 6.23. The van der Waals surface area contributed by atoms with E-state index in [1.54, 1.807) is 13.0 Å². The summed E-state index contributed by atoms with van der Waals surface area (Å²) in [6, 6.07) is 10.8. The lowest BCUT2D eigenvalue weighted by Crippen LogP contribution is -2.52. The zero-order valence-electron chi connectivity index (χ0n) is 14.1. The number of carbonyl (C=O) groups is 2. The molecule has 0 saturated carbocycles. The minimum absolute atomic E-state index is 0.208. The lowest BCUT2D eigenvalue weighted by atomic mass is 9.93. The average Bonchev–Trinajstić information content (AvgIpc) is 2.62. The molecule has 2 rings (SSSR count). The Labute approximate surface area is 158 Å². The summed E-state index contributed by atoms with van der Waals surface area (Å²) in [5.41, 5.74) is -2.84. The molecular formula is C18H16ClF3N2O3. The van der Waals surface area contributed by atoms with Gasteiger partial charge in [-0.05, 0) is 30.2 Å². The van der Waals surface area contributed by atoms with Crippen LogP contribution >= 0.6 is 11.6 Å². The lowest BCUT2D eigenvalue weighted by Gasteiger charge is -2.31. The van der Waals surface area contributed by atoms with E-state index < -0.39 is 35.7 Å². The van der Waals surface area contributed by atoms with E-state index in [2.05, 4.69) is 5.32 Å². The van der Waals surface area contributed by atoms with Crippen LogP contribution in [0.3, 0.4) is 0 Å². The number of anilines is 1. The molecule has 0 aromatic heterocycles. The molecule has 0 heterocycles. The third-order valence-corrected chi connectivity index (χ3v) is 4.27. The van der Waals surface area contributed by atoms with E-state index in [1.807, 2.05) is 5.32 Å². The topological polar surface area (TPSA) is 78.4 Å². The Morgan fingerprint density at radius 1 is 1.07 bits per heavy atom. The summed E-state index contributed by atoms with van der Waals surface area (Å²) in [5, 5.41) is 14.5. The smallest absolute Gasteiger partial charge is 0.375 e. The molecule has 2 aromatic carbocycles. The molecule has 0 spiro atoms. The molecule has 0 radical (unpaired) electrons. The van der Waals surface area contributed by atoms with Gasteiger partial charge < -0.3 is 15.7 Å². The number of nitrogens with one attached hydrogen (secondary N) is 2. The van der Waals surface area contributed by atoms with Crippen LogP contribution in [-0.2, 0) is 15.2 Å². The first-order valence-electron chi connectivity index (χ1n) is 7.74. The first kappa shape index (κ1) is 20.7. The Hall–Kier alpha value is -2.58. The second kappa shape index (κ2) is 7.98. The molecular weight excluding hydrogens is 385 g/mol. The second-order valence-electron chi connectivity index (χ2n) is 5.82. The largest absolute Gasteiger partial charge is 0.423 e. The molecule has 2 amide bonds. The number of alkyl halides is 3. The van der Waals surface area contributed by atoms with Crippen molar-refractivity contribution in [1.29, 1.82) is 0 Å². The summed E-state index contributed by atoms with van der Waals surface area (Å²) in [6.07, 6.45) is -5.07. The van der Waals surface area contributed by atoms with Crippen LogP contribution in [-0.4, -0.2) is 29.6 Å². The van der Waals surface area contributed by atoms with Gasteiger partial charge in [-0.25, -0.2) is 0 Å². The molecule has 27 heavy (non-hydrogen) atoms. The number of aliphatic hydroxyl groups is 1. The monoisotopic (exact) mass is 400 g/mol. The number of benzene rings is 2. The molecule has 0 aliphatic carbocycles. The van der Waals surface area contributed by atoms with Crippen LogP contribution in [0.1, 0.15) is 11.1 Å². The van der Waals surface area contributed by atoms with Gasteiger partial charge >= 0.3 is 18.0 Å². The number of amides is 2. The standard InChI is InChI=1S/C18H16ClF3N2O3/c1-11-7-8-13(9-14(11)19)24-16(26)15(25)23-10-17(27,18(20,21)22)12-5-3-2-4-6-12/h2-9,27H,10H2,1H3,(H,23,25)(H,24,26). The van der Waals surface area contributed by atoms with E-state index in [1.165, 1.54) is 30.3 Å². The van der Waals surface area contributed by atoms with E-state index >= 15 is 0 Å².